The summed E-state index contributed by atoms with van der Waals surface area (Å²) in [5, 5.41) is 24.9. The molecule has 1 N–H and O–H groups in total. The van der Waals surface area contributed by atoms with E-state index < -0.39 is 21.5 Å². The van der Waals surface area contributed by atoms with Crippen LogP contribution >= 0.6 is 0 Å². The van der Waals surface area contributed by atoms with Gasteiger partial charge in [0, 0.05) is 47.5 Å². The van der Waals surface area contributed by atoms with Crippen molar-refractivity contribution in [3.8, 4) is 11.1 Å². The van der Waals surface area contributed by atoms with Gasteiger partial charge in [-0.2, -0.15) is 0 Å². The number of ketones is 1. The molecule has 0 saturated carbocycles. The molecule has 9 nitrogen and oxygen atoms in total. The van der Waals surface area contributed by atoms with Crippen LogP contribution in [0.2, 0.25) is 0 Å². The molecule has 0 heterocycles. The highest BCUT2D eigenvalue weighted by Crippen LogP contribution is 2.42. The van der Waals surface area contributed by atoms with Crippen LogP contribution in [0.1, 0.15) is 46.0 Å². The molecule has 2 aromatic carbocycles. The molecule has 0 aliphatic heterocycles. The van der Waals surface area contributed by atoms with Crippen LogP contribution in [0.15, 0.2) is 30.3 Å². The van der Waals surface area contributed by atoms with Gasteiger partial charge in [0.15, 0.2) is 5.78 Å². The van der Waals surface area contributed by atoms with Gasteiger partial charge in [0.05, 0.1) is 15.4 Å². The maximum Gasteiger partial charge on any atom is 0.271 e. The molecular formula is C18H15N3O6. The highest BCUT2D eigenvalue weighted by atomic mass is 16.6. The molecule has 0 atom stereocenters. The third kappa shape index (κ3) is 3.14. The summed E-state index contributed by atoms with van der Waals surface area (Å²) in [6.07, 6.45) is 1.60. The van der Waals surface area contributed by atoms with Crippen LogP contribution in [0.3, 0.4) is 0 Å². The number of nitrogens with zero attached hydrogens (tertiary/aromatic N) is 2. The number of amides is 1. The SMILES string of the molecule is CCCCNC(=O)c1cc([N+](=O)[O-])cc2c1-c1ccc([N+](=O)[O-])cc1C2=O. The number of hydrogen-bond donors (Lipinski definition) is 1. The standard InChI is InChI=1S/C18H15N3O6/c1-2-3-6-19-18(23)15-9-11(21(26)27)8-14-16(15)12-5-4-10(20(24)25)7-13(12)17(14)22/h4-5,7-9H,2-3,6H2,1H3,(H,19,23). The van der Waals surface area contributed by atoms with Gasteiger partial charge in [-0.05, 0) is 18.1 Å². The zero-order valence-electron chi connectivity index (χ0n) is 14.4. The Balaban J connectivity index is 2.18. The van der Waals surface area contributed by atoms with Crippen LogP contribution in [0, 0.1) is 20.2 Å². The van der Waals surface area contributed by atoms with E-state index in [2.05, 4.69) is 5.32 Å². The normalized spacial score (nSPS) is 11.7. The molecule has 3 rings (SSSR count). The topological polar surface area (TPSA) is 132 Å². The maximum atomic E-state index is 12.7. The second kappa shape index (κ2) is 6.94. The number of hydrogen-bond acceptors (Lipinski definition) is 6. The summed E-state index contributed by atoms with van der Waals surface area (Å²) in [5.41, 5.74) is 0.0444. The van der Waals surface area contributed by atoms with E-state index >= 15 is 0 Å². The van der Waals surface area contributed by atoms with Gasteiger partial charge in [0.1, 0.15) is 0 Å². The van der Waals surface area contributed by atoms with Crippen molar-refractivity contribution in [3.05, 3.63) is 67.3 Å². The number of carbonyl (C=O) groups excluding carboxylic acids is 2. The monoisotopic (exact) mass is 369 g/mol. The third-order valence-electron chi connectivity index (χ3n) is 4.37. The van der Waals surface area contributed by atoms with E-state index in [0.717, 1.165) is 31.0 Å². The summed E-state index contributed by atoms with van der Waals surface area (Å²) in [6.45, 7) is 2.35. The van der Waals surface area contributed by atoms with E-state index in [-0.39, 0.29) is 33.6 Å². The van der Waals surface area contributed by atoms with Gasteiger partial charge in [0.2, 0.25) is 0 Å². The molecule has 1 aliphatic rings. The number of nitro groups is 2. The van der Waals surface area contributed by atoms with Crippen molar-refractivity contribution in [1.29, 1.82) is 0 Å². The van der Waals surface area contributed by atoms with Gasteiger partial charge >= 0.3 is 0 Å². The van der Waals surface area contributed by atoms with Crippen molar-refractivity contribution in [2.24, 2.45) is 0 Å². The quantitative estimate of drug-likeness (QED) is 0.403. The molecule has 0 spiro atoms. The number of unbranched alkanes of at least 4 members (excludes halogenated alkanes) is 1. The highest BCUT2D eigenvalue weighted by Gasteiger charge is 2.34. The van der Waals surface area contributed by atoms with E-state index in [9.17, 15) is 29.8 Å². The molecule has 1 amide bonds. The lowest BCUT2D eigenvalue weighted by molar-refractivity contribution is -0.385. The number of rotatable bonds is 6. The zero-order chi connectivity index (χ0) is 19.7. The Kier molecular flexibility index (Phi) is 4.68. The molecule has 0 fully saturated rings. The van der Waals surface area contributed by atoms with Crippen LogP contribution in [0.25, 0.3) is 11.1 Å². The second-order valence-corrected chi connectivity index (χ2v) is 6.10. The number of carbonyl (C=O) groups is 2. The predicted molar refractivity (Wildman–Crippen MR) is 95.9 cm³/mol. The minimum Gasteiger partial charge on any atom is -0.352 e. The lowest BCUT2D eigenvalue weighted by atomic mass is 9.97. The van der Waals surface area contributed by atoms with Crippen molar-refractivity contribution < 1.29 is 19.4 Å². The Morgan fingerprint density at radius 1 is 1.00 bits per heavy atom. The van der Waals surface area contributed by atoms with Crippen molar-refractivity contribution in [2.45, 2.75) is 19.8 Å². The fourth-order valence-electron chi connectivity index (χ4n) is 3.05. The lowest BCUT2D eigenvalue weighted by Crippen LogP contribution is -2.25. The zero-order valence-corrected chi connectivity index (χ0v) is 14.4. The largest absolute Gasteiger partial charge is 0.352 e. The van der Waals surface area contributed by atoms with Crippen LogP contribution in [-0.4, -0.2) is 28.1 Å². The van der Waals surface area contributed by atoms with Gasteiger partial charge in [-0.3, -0.25) is 29.8 Å². The Morgan fingerprint density at radius 3 is 2.30 bits per heavy atom. The highest BCUT2D eigenvalue weighted by molar-refractivity contribution is 6.25. The summed E-state index contributed by atoms with van der Waals surface area (Å²) < 4.78 is 0. The molecule has 9 heteroatoms. The summed E-state index contributed by atoms with van der Waals surface area (Å²) >= 11 is 0. The number of benzene rings is 2. The van der Waals surface area contributed by atoms with Gasteiger partial charge in [-0.25, -0.2) is 0 Å². The summed E-state index contributed by atoms with van der Waals surface area (Å²) in [5.74, 6) is -1.10. The summed E-state index contributed by atoms with van der Waals surface area (Å²) in [6, 6.07) is 5.99. The molecule has 138 valence electrons. The molecule has 2 aromatic rings. The molecule has 0 radical (unpaired) electrons. The fourth-order valence-corrected chi connectivity index (χ4v) is 3.05. The predicted octanol–water partition coefficient (Wildman–Crippen LogP) is 3.24. The Morgan fingerprint density at radius 2 is 1.67 bits per heavy atom. The van der Waals surface area contributed by atoms with Crippen LogP contribution < -0.4 is 5.32 Å². The first-order chi connectivity index (χ1) is 12.8. The number of nitro benzene ring substituents is 2. The maximum absolute atomic E-state index is 12.7. The van der Waals surface area contributed by atoms with Crippen LogP contribution in [0.5, 0.6) is 0 Å². The van der Waals surface area contributed by atoms with Crippen LogP contribution in [-0.2, 0) is 0 Å². The molecular weight excluding hydrogens is 354 g/mol. The van der Waals surface area contributed by atoms with Crippen LogP contribution in [0.4, 0.5) is 11.4 Å². The van der Waals surface area contributed by atoms with E-state index in [1.165, 1.54) is 12.1 Å². The van der Waals surface area contributed by atoms with E-state index in [0.29, 0.717) is 12.1 Å². The number of non-ortho nitro benzene ring substituents is 2. The van der Waals surface area contributed by atoms with Crippen molar-refractivity contribution in [1.82, 2.24) is 5.32 Å². The summed E-state index contributed by atoms with van der Waals surface area (Å²) in [4.78, 5) is 46.2. The molecule has 0 aromatic heterocycles. The number of fused-ring (bicyclic) bond motifs is 3. The van der Waals surface area contributed by atoms with Crippen molar-refractivity contribution in [3.63, 3.8) is 0 Å². The Labute approximate surface area is 153 Å². The average molecular weight is 369 g/mol. The van der Waals surface area contributed by atoms with E-state index in [1.807, 2.05) is 6.92 Å². The van der Waals surface area contributed by atoms with E-state index in [4.69, 9.17) is 0 Å². The molecule has 0 unspecified atom stereocenters. The Bertz CT molecular complexity index is 999. The average Bonchev–Trinajstić information content (AvgIpc) is 2.93. The third-order valence-corrected chi connectivity index (χ3v) is 4.37. The number of nitrogens with one attached hydrogen (secondary N) is 1. The van der Waals surface area contributed by atoms with Gasteiger partial charge in [-0.15, -0.1) is 0 Å². The fraction of sp³-hybridized carbons (Fsp3) is 0.222. The van der Waals surface area contributed by atoms with Crippen molar-refractivity contribution in [2.75, 3.05) is 6.54 Å². The van der Waals surface area contributed by atoms with Gasteiger partial charge < -0.3 is 5.32 Å². The first kappa shape index (κ1) is 18.2. The molecule has 0 saturated heterocycles. The lowest BCUT2D eigenvalue weighted by Gasteiger charge is -2.10. The second-order valence-electron chi connectivity index (χ2n) is 6.10. The Hall–Kier alpha value is -3.62. The molecule has 0 bridgehead atoms. The van der Waals surface area contributed by atoms with Gasteiger partial charge in [-0.1, -0.05) is 13.3 Å². The minimum atomic E-state index is -0.679. The molecule has 1 aliphatic carbocycles. The first-order valence-electron chi connectivity index (χ1n) is 8.29. The minimum absolute atomic E-state index is 0.000314. The smallest absolute Gasteiger partial charge is 0.271 e. The first-order valence-corrected chi connectivity index (χ1v) is 8.29. The van der Waals surface area contributed by atoms with Gasteiger partial charge in [0.25, 0.3) is 17.3 Å². The van der Waals surface area contributed by atoms with E-state index in [1.54, 1.807) is 0 Å². The van der Waals surface area contributed by atoms with Crippen molar-refractivity contribution >= 4 is 23.1 Å². The summed E-state index contributed by atoms with van der Waals surface area (Å²) in [7, 11) is 0. The molecule has 27 heavy (non-hydrogen) atoms.